The number of piperidine rings is 1. The zero-order chi connectivity index (χ0) is 18.8. The van der Waals surface area contributed by atoms with E-state index >= 15 is 0 Å². The molecule has 2 atom stereocenters. The van der Waals surface area contributed by atoms with Gasteiger partial charge in [-0.25, -0.2) is 4.98 Å². The first-order chi connectivity index (χ1) is 13.1. The van der Waals surface area contributed by atoms with E-state index in [0.29, 0.717) is 25.0 Å². The third-order valence-corrected chi connectivity index (χ3v) is 5.62. The Labute approximate surface area is 161 Å². The summed E-state index contributed by atoms with van der Waals surface area (Å²) in [6.07, 6.45) is 3.66. The van der Waals surface area contributed by atoms with Gasteiger partial charge in [0, 0.05) is 24.0 Å². The predicted octanol–water partition coefficient (Wildman–Crippen LogP) is 3.88. The van der Waals surface area contributed by atoms with E-state index in [1.54, 1.807) is 0 Å². The first kappa shape index (κ1) is 18.2. The van der Waals surface area contributed by atoms with Gasteiger partial charge in [-0.2, -0.15) is 0 Å². The van der Waals surface area contributed by atoms with Gasteiger partial charge in [-0.1, -0.05) is 0 Å². The van der Waals surface area contributed by atoms with Crippen molar-refractivity contribution >= 4 is 0 Å². The molecular weight excluding hydrogens is 338 g/mol. The van der Waals surface area contributed by atoms with Crippen LogP contribution in [0.1, 0.15) is 48.5 Å². The lowest BCUT2D eigenvalue weighted by atomic mass is 9.90. The Hall–Kier alpha value is -2.14. The van der Waals surface area contributed by atoms with E-state index in [9.17, 15) is 0 Å². The summed E-state index contributed by atoms with van der Waals surface area (Å²) in [5.74, 6) is 2.08. The molecule has 0 bridgehead atoms. The summed E-state index contributed by atoms with van der Waals surface area (Å²) in [7, 11) is 0. The fourth-order valence-electron chi connectivity index (χ4n) is 4.35. The molecule has 27 heavy (non-hydrogen) atoms. The Bertz CT molecular complexity index is 788. The molecule has 0 N–H and O–H groups in total. The first-order valence-electron chi connectivity index (χ1n) is 10.0. The Morgan fingerprint density at radius 2 is 1.89 bits per heavy atom. The molecule has 0 amide bonds. The van der Waals surface area contributed by atoms with E-state index in [-0.39, 0.29) is 6.04 Å². The predicted molar refractivity (Wildman–Crippen MR) is 105 cm³/mol. The van der Waals surface area contributed by atoms with Gasteiger partial charge in [-0.05, 0) is 82.3 Å². The Morgan fingerprint density at radius 1 is 1.11 bits per heavy atom. The summed E-state index contributed by atoms with van der Waals surface area (Å²) in [6, 6.07) is 8.83. The molecule has 5 nitrogen and oxygen atoms in total. The summed E-state index contributed by atoms with van der Waals surface area (Å²) in [6.45, 7) is 9.83. The highest BCUT2D eigenvalue weighted by atomic mass is 16.6. The number of aromatic nitrogens is 2. The Morgan fingerprint density at radius 3 is 2.70 bits per heavy atom. The molecule has 1 fully saturated rings. The average Bonchev–Trinajstić information content (AvgIpc) is 2.66. The Balaban J connectivity index is 1.44. The van der Waals surface area contributed by atoms with E-state index in [1.165, 1.54) is 18.4 Å². The summed E-state index contributed by atoms with van der Waals surface area (Å²) >= 11 is 0. The molecule has 4 rings (SSSR count). The van der Waals surface area contributed by atoms with Gasteiger partial charge in [-0.15, -0.1) is 0 Å². The van der Waals surface area contributed by atoms with Crippen LogP contribution in [0.25, 0.3) is 0 Å². The molecule has 5 heteroatoms. The molecule has 0 aliphatic carbocycles. The van der Waals surface area contributed by atoms with Gasteiger partial charge in [0.2, 0.25) is 0 Å². The maximum absolute atomic E-state index is 5.66. The van der Waals surface area contributed by atoms with Crippen molar-refractivity contribution in [2.45, 2.75) is 46.1 Å². The van der Waals surface area contributed by atoms with E-state index in [4.69, 9.17) is 14.5 Å². The standard InChI is InChI=1S/C22H29N3O2/c1-15-11-19(12-16(2)23-15)13-18-5-4-8-25(14-18)17(3)20-6-7-21-22(24-20)27-10-9-26-21/h6-7,11-12,17-18H,4-5,8-10,13-14H2,1-3H3/t17?,18-/m1/s1. The van der Waals surface area contributed by atoms with Crippen LogP contribution in [-0.4, -0.2) is 41.2 Å². The van der Waals surface area contributed by atoms with Gasteiger partial charge in [-0.3, -0.25) is 9.88 Å². The minimum Gasteiger partial charge on any atom is -0.484 e. The zero-order valence-corrected chi connectivity index (χ0v) is 16.6. The number of rotatable bonds is 4. The van der Waals surface area contributed by atoms with Crippen LogP contribution < -0.4 is 9.47 Å². The summed E-state index contributed by atoms with van der Waals surface area (Å²) in [5.41, 5.74) is 4.71. The lowest BCUT2D eigenvalue weighted by Crippen LogP contribution is -2.38. The minimum atomic E-state index is 0.282. The van der Waals surface area contributed by atoms with E-state index in [1.807, 2.05) is 6.07 Å². The highest BCUT2D eigenvalue weighted by Gasteiger charge is 2.26. The lowest BCUT2D eigenvalue weighted by Gasteiger charge is -2.37. The van der Waals surface area contributed by atoms with Crippen molar-refractivity contribution in [1.82, 2.24) is 14.9 Å². The number of pyridine rings is 2. The highest BCUT2D eigenvalue weighted by Crippen LogP contribution is 2.32. The van der Waals surface area contributed by atoms with Crippen molar-refractivity contribution in [2.75, 3.05) is 26.3 Å². The molecule has 4 heterocycles. The molecule has 2 aromatic rings. The Kier molecular flexibility index (Phi) is 5.30. The molecule has 2 aliphatic heterocycles. The van der Waals surface area contributed by atoms with Gasteiger partial charge in [0.25, 0.3) is 5.88 Å². The van der Waals surface area contributed by atoms with Crippen LogP contribution in [0.5, 0.6) is 11.6 Å². The lowest BCUT2D eigenvalue weighted by molar-refractivity contribution is 0.126. The van der Waals surface area contributed by atoms with Gasteiger partial charge in [0.15, 0.2) is 5.75 Å². The van der Waals surface area contributed by atoms with Gasteiger partial charge in [0.1, 0.15) is 13.2 Å². The van der Waals surface area contributed by atoms with Crippen LogP contribution in [0.4, 0.5) is 0 Å². The van der Waals surface area contributed by atoms with Crippen LogP contribution >= 0.6 is 0 Å². The zero-order valence-electron chi connectivity index (χ0n) is 16.6. The van der Waals surface area contributed by atoms with Gasteiger partial charge < -0.3 is 9.47 Å². The van der Waals surface area contributed by atoms with Gasteiger partial charge in [0.05, 0.1) is 5.69 Å². The second-order valence-corrected chi connectivity index (χ2v) is 7.88. The second-order valence-electron chi connectivity index (χ2n) is 7.88. The third-order valence-electron chi connectivity index (χ3n) is 5.62. The number of fused-ring (bicyclic) bond motifs is 1. The van der Waals surface area contributed by atoms with Crippen molar-refractivity contribution in [3.63, 3.8) is 0 Å². The molecule has 2 aliphatic rings. The van der Waals surface area contributed by atoms with E-state index < -0.39 is 0 Å². The molecule has 1 unspecified atom stereocenters. The maximum Gasteiger partial charge on any atom is 0.257 e. The largest absolute Gasteiger partial charge is 0.484 e. The van der Waals surface area contributed by atoms with Crippen molar-refractivity contribution in [3.05, 3.63) is 46.9 Å². The monoisotopic (exact) mass is 367 g/mol. The van der Waals surface area contributed by atoms with Gasteiger partial charge >= 0.3 is 0 Å². The first-order valence-corrected chi connectivity index (χ1v) is 10.0. The number of nitrogens with zero attached hydrogens (tertiary/aromatic N) is 3. The van der Waals surface area contributed by atoms with E-state index in [0.717, 1.165) is 42.3 Å². The SMILES string of the molecule is Cc1cc(C[C@H]2CCCN(C(C)c3ccc4c(n3)OCCO4)C2)cc(C)n1. The number of ether oxygens (including phenoxy) is 2. The maximum atomic E-state index is 5.66. The molecule has 0 aromatic carbocycles. The third kappa shape index (κ3) is 4.24. The number of likely N-dealkylation sites (tertiary alicyclic amines) is 1. The fourth-order valence-corrected chi connectivity index (χ4v) is 4.35. The summed E-state index contributed by atoms with van der Waals surface area (Å²) in [5, 5.41) is 0. The fraction of sp³-hybridized carbons (Fsp3) is 0.545. The van der Waals surface area contributed by atoms with Crippen molar-refractivity contribution in [2.24, 2.45) is 5.92 Å². The molecular formula is C22H29N3O2. The molecule has 0 spiro atoms. The highest BCUT2D eigenvalue weighted by molar-refractivity contribution is 5.36. The van der Waals surface area contributed by atoms with Crippen LogP contribution in [0, 0.1) is 19.8 Å². The molecule has 1 saturated heterocycles. The summed E-state index contributed by atoms with van der Waals surface area (Å²) in [4.78, 5) is 11.8. The average molecular weight is 367 g/mol. The van der Waals surface area contributed by atoms with Crippen molar-refractivity contribution < 1.29 is 9.47 Å². The van der Waals surface area contributed by atoms with E-state index in [2.05, 4.69) is 48.9 Å². The molecule has 144 valence electrons. The molecule has 0 radical (unpaired) electrons. The normalized spacial score (nSPS) is 21.1. The van der Waals surface area contributed by atoms with Crippen LogP contribution in [-0.2, 0) is 6.42 Å². The van der Waals surface area contributed by atoms with Crippen LogP contribution in [0.2, 0.25) is 0 Å². The van der Waals surface area contributed by atoms with Crippen molar-refractivity contribution in [1.29, 1.82) is 0 Å². The smallest absolute Gasteiger partial charge is 0.257 e. The minimum absolute atomic E-state index is 0.282. The topological polar surface area (TPSA) is 47.5 Å². The second kappa shape index (κ2) is 7.85. The number of hydrogen-bond acceptors (Lipinski definition) is 5. The van der Waals surface area contributed by atoms with Crippen molar-refractivity contribution in [3.8, 4) is 11.6 Å². The molecule has 2 aromatic heterocycles. The molecule has 0 saturated carbocycles. The van der Waals surface area contributed by atoms with Crippen LogP contribution in [0.15, 0.2) is 24.3 Å². The summed E-state index contributed by atoms with van der Waals surface area (Å²) < 4.78 is 11.3. The number of aryl methyl sites for hydroxylation is 2. The quantitative estimate of drug-likeness (QED) is 0.821. The van der Waals surface area contributed by atoms with Crippen LogP contribution in [0.3, 0.4) is 0 Å². The number of hydrogen-bond donors (Lipinski definition) is 0.